The average Bonchev–Trinajstić information content (AvgIpc) is 2.79. The van der Waals surface area contributed by atoms with Gasteiger partial charge in [-0.2, -0.15) is 0 Å². The normalized spacial score (nSPS) is 11.0. The zero-order valence-electron chi connectivity index (χ0n) is 18.2. The maximum Gasteiger partial charge on any atom is 0.0702 e. The van der Waals surface area contributed by atoms with E-state index in [1.807, 2.05) is 0 Å². The predicted molar refractivity (Wildman–Crippen MR) is 125 cm³/mol. The highest BCUT2D eigenvalue weighted by molar-refractivity contribution is 5.59. The van der Waals surface area contributed by atoms with Gasteiger partial charge in [0.1, 0.15) is 0 Å². The van der Waals surface area contributed by atoms with Crippen LogP contribution in [0.3, 0.4) is 0 Å². The lowest BCUT2D eigenvalue weighted by molar-refractivity contribution is 0.632. The molecular weight excluding hydrogens is 350 g/mol. The molecule has 0 atom stereocenters. The third-order valence-electron chi connectivity index (χ3n) is 5.78. The quantitative estimate of drug-likeness (QED) is 0.309. The number of aryl methyl sites for hydroxylation is 4. The van der Waals surface area contributed by atoms with Crippen LogP contribution in [0.1, 0.15) is 68.2 Å². The van der Waals surface area contributed by atoms with Crippen molar-refractivity contribution in [2.75, 3.05) is 0 Å². The second-order valence-electron chi connectivity index (χ2n) is 8.08. The minimum atomic E-state index is 1.07. The summed E-state index contributed by atoms with van der Waals surface area (Å²) < 4.78 is 0. The highest BCUT2D eigenvalue weighted by Gasteiger charge is 2.02. The molecular formula is C28H35N. The van der Waals surface area contributed by atoms with Gasteiger partial charge in [0.15, 0.2) is 0 Å². The van der Waals surface area contributed by atoms with Gasteiger partial charge in [-0.1, -0.05) is 94.1 Å². The summed E-state index contributed by atoms with van der Waals surface area (Å²) in [5, 5.41) is 0. The Balaban J connectivity index is 1.50. The Kier molecular flexibility index (Phi) is 8.49. The van der Waals surface area contributed by atoms with Gasteiger partial charge in [0.2, 0.25) is 0 Å². The van der Waals surface area contributed by atoms with E-state index < -0.39 is 0 Å². The van der Waals surface area contributed by atoms with Crippen LogP contribution in [0.4, 0.5) is 0 Å². The lowest BCUT2D eigenvalue weighted by Gasteiger charge is -2.07. The first-order chi connectivity index (χ1) is 14.3. The minimum absolute atomic E-state index is 1.07. The average molecular weight is 386 g/mol. The van der Waals surface area contributed by atoms with Crippen LogP contribution in [0.25, 0.3) is 11.3 Å². The molecule has 1 heterocycles. The van der Waals surface area contributed by atoms with Crippen LogP contribution in [0.5, 0.6) is 0 Å². The molecule has 2 aromatic carbocycles. The Labute approximate surface area is 177 Å². The molecule has 0 unspecified atom stereocenters. The van der Waals surface area contributed by atoms with Crippen LogP contribution in [0, 0.1) is 0 Å². The van der Waals surface area contributed by atoms with Crippen molar-refractivity contribution in [3.05, 3.63) is 89.1 Å². The molecule has 0 amide bonds. The zero-order chi connectivity index (χ0) is 20.3. The molecule has 3 aromatic rings. The Morgan fingerprint density at radius 1 is 0.552 bits per heavy atom. The summed E-state index contributed by atoms with van der Waals surface area (Å²) in [5.41, 5.74) is 7.84. The van der Waals surface area contributed by atoms with E-state index in [1.165, 1.54) is 59.9 Å². The number of rotatable bonds is 11. The number of pyridine rings is 1. The van der Waals surface area contributed by atoms with Crippen LogP contribution >= 0.6 is 0 Å². The predicted octanol–water partition coefficient (Wildman–Crippen LogP) is 7.61. The van der Waals surface area contributed by atoms with Crippen LogP contribution in [-0.4, -0.2) is 4.98 Å². The summed E-state index contributed by atoms with van der Waals surface area (Å²) in [6.07, 6.45) is 13.1. The Bertz CT molecular complexity index is 829. The molecule has 0 N–H and O–H groups in total. The molecule has 1 aromatic heterocycles. The zero-order valence-corrected chi connectivity index (χ0v) is 18.2. The van der Waals surface area contributed by atoms with Gasteiger partial charge in [-0.05, 0) is 60.4 Å². The fraction of sp³-hybridized carbons (Fsp3) is 0.393. The summed E-state index contributed by atoms with van der Waals surface area (Å²) in [6, 6.07) is 22.4. The third kappa shape index (κ3) is 6.85. The van der Waals surface area contributed by atoms with Gasteiger partial charge >= 0.3 is 0 Å². The van der Waals surface area contributed by atoms with Gasteiger partial charge in [0.25, 0.3) is 0 Å². The number of hydrogen-bond donors (Lipinski definition) is 0. The van der Waals surface area contributed by atoms with E-state index in [0.29, 0.717) is 0 Å². The second kappa shape index (κ2) is 11.6. The fourth-order valence-corrected chi connectivity index (χ4v) is 3.75. The fourth-order valence-electron chi connectivity index (χ4n) is 3.75. The molecule has 0 bridgehead atoms. The molecule has 29 heavy (non-hydrogen) atoms. The summed E-state index contributed by atoms with van der Waals surface area (Å²) in [6.45, 7) is 4.47. The van der Waals surface area contributed by atoms with E-state index in [-0.39, 0.29) is 0 Å². The highest BCUT2D eigenvalue weighted by atomic mass is 14.7. The van der Waals surface area contributed by atoms with Crippen molar-refractivity contribution < 1.29 is 0 Å². The summed E-state index contributed by atoms with van der Waals surface area (Å²) in [7, 11) is 0. The van der Waals surface area contributed by atoms with Crippen molar-refractivity contribution in [2.24, 2.45) is 0 Å². The topological polar surface area (TPSA) is 12.9 Å². The lowest BCUT2D eigenvalue weighted by atomic mass is 10.0. The largest absolute Gasteiger partial charge is 0.256 e. The number of unbranched alkanes of at least 4 members (excludes halogenated alkanes) is 4. The van der Waals surface area contributed by atoms with Crippen molar-refractivity contribution in [1.29, 1.82) is 0 Å². The van der Waals surface area contributed by atoms with Crippen molar-refractivity contribution >= 4 is 0 Å². The molecule has 0 fully saturated rings. The number of hydrogen-bond acceptors (Lipinski definition) is 1. The molecule has 0 saturated carbocycles. The standard InChI is InChI=1S/C28H35N/c1-3-5-6-7-8-9-26-18-21-28(29-22-26)27-19-16-25(17-20-27)15-14-24-12-10-23(4-2)11-13-24/h10-13,16-22H,3-9,14-15H2,1-2H3. The van der Waals surface area contributed by atoms with Crippen molar-refractivity contribution in [3.63, 3.8) is 0 Å². The number of benzene rings is 2. The third-order valence-corrected chi connectivity index (χ3v) is 5.78. The van der Waals surface area contributed by atoms with Gasteiger partial charge < -0.3 is 0 Å². The molecule has 1 heteroatoms. The molecule has 0 aliphatic carbocycles. The first-order valence-corrected chi connectivity index (χ1v) is 11.4. The lowest BCUT2D eigenvalue weighted by Crippen LogP contribution is -1.93. The molecule has 3 rings (SSSR count). The van der Waals surface area contributed by atoms with Gasteiger partial charge in [-0.3, -0.25) is 4.98 Å². The molecule has 0 spiro atoms. The SMILES string of the molecule is CCCCCCCc1ccc(-c2ccc(CCc3ccc(CC)cc3)cc2)nc1. The van der Waals surface area contributed by atoms with Crippen molar-refractivity contribution in [3.8, 4) is 11.3 Å². The summed E-state index contributed by atoms with van der Waals surface area (Å²) >= 11 is 0. The first kappa shape index (κ1) is 21.3. The van der Waals surface area contributed by atoms with Crippen LogP contribution in [0.15, 0.2) is 66.9 Å². The van der Waals surface area contributed by atoms with Gasteiger partial charge in [-0.25, -0.2) is 0 Å². The summed E-state index contributed by atoms with van der Waals surface area (Å²) in [4.78, 5) is 4.70. The van der Waals surface area contributed by atoms with Crippen LogP contribution < -0.4 is 0 Å². The number of nitrogens with zero attached hydrogens (tertiary/aromatic N) is 1. The maximum atomic E-state index is 4.70. The Morgan fingerprint density at radius 3 is 1.72 bits per heavy atom. The molecule has 0 radical (unpaired) electrons. The van der Waals surface area contributed by atoms with Crippen molar-refractivity contribution in [1.82, 2.24) is 4.98 Å². The van der Waals surface area contributed by atoms with E-state index in [1.54, 1.807) is 0 Å². The molecule has 0 saturated heterocycles. The van der Waals surface area contributed by atoms with E-state index in [9.17, 15) is 0 Å². The van der Waals surface area contributed by atoms with E-state index in [0.717, 1.165) is 31.4 Å². The maximum absolute atomic E-state index is 4.70. The van der Waals surface area contributed by atoms with Crippen LogP contribution in [0.2, 0.25) is 0 Å². The Hall–Kier alpha value is -2.41. The van der Waals surface area contributed by atoms with E-state index in [4.69, 9.17) is 4.98 Å². The first-order valence-electron chi connectivity index (χ1n) is 11.4. The van der Waals surface area contributed by atoms with Gasteiger partial charge in [0, 0.05) is 11.8 Å². The van der Waals surface area contributed by atoms with Gasteiger partial charge in [0.05, 0.1) is 5.69 Å². The van der Waals surface area contributed by atoms with Crippen molar-refractivity contribution in [2.45, 2.75) is 71.6 Å². The molecule has 1 nitrogen and oxygen atoms in total. The second-order valence-corrected chi connectivity index (χ2v) is 8.08. The van der Waals surface area contributed by atoms with Crippen LogP contribution in [-0.2, 0) is 25.7 Å². The highest BCUT2D eigenvalue weighted by Crippen LogP contribution is 2.19. The Morgan fingerprint density at radius 2 is 1.14 bits per heavy atom. The van der Waals surface area contributed by atoms with E-state index in [2.05, 4.69) is 80.7 Å². The summed E-state index contributed by atoms with van der Waals surface area (Å²) in [5.74, 6) is 0. The number of aromatic nitrogens is 1. The molecule has 0 aliphatic heterocycles. The van der Waals surface area contributed by atoms with E-state index >= 15 is 0 Å². The molecule has 152 valence electrons. The smallest absolute Gasteiger partial charge is 0.0702 e. The van der Waals surface area contributed by atoms with Gasteiger partial charge in [-0.15, -0.1) is 0 Å². The minimum Gasteiger partial charge on any atom is -0.256 e. The molecule has 0 aliphatic rings. The monoisotopic (exact) mass is 385 g/mol.